The van der Waals surface area contributed by atoms with Crippen molar-refractivity contribution < 1.29 is 22.7 Å². The van der Waals surface area contributed by atoms with E-state index >= 15 is 0 Å². The van der Waals surface area contributed by atoms with E-state index in [4.69, 9.17) is 20.8 Å². The molecule has 2 aromatic rings. The Kier molecular flexibility index (Phi) is 4.19. The van der Waals surface area contributed by atoms with Gasteiger partial charge in [0.25, 0.3) is 6.01 Å². The second kappa shape index (κ2) is 5.87. The van der Waals surface area contributed by atoms with Gasteiger partial charge in [0.2, 0.25) is 0 Å². The van der Waals surface area contributed by atoms with E-state index in [-0.39, 0.29) is 29.0 Å². The summed E-state index contributed by atoms with van der Waals surface area (Å²) in [6.07, 6.45) is 1.05. The third-order valence-electron chi connectivity index (χ3n) is 2.23. The zero-order valence-corrected chi connectivity index (χ0v) is 11.0. The van der Waals surface area contributed by atoms with Crippen molar-refractivity contribution in [3.63, 3.8) is 0 Å². The Balaban J connectivity index is 2.21. The molecule has 0 amide bonds. The number of aromatic nitrogens is 1. The van der Waals surface area contributed by atoms with Gasteiger partial charge in [0.1, 0.15) is 12.1 Å². The third-order valence-corrected chi connectivity index (χ3v) is 2.53. The Bertz CT molecular complexity index is 622. The smallest absolute Gasteiger partial charge is 0.360 e. The lowest BCUT2D eigenvalue weighted by molar-refractivity contribution is 0.0519. The molecular formula is C12H9ClF2N2O3. The number of anilines is 2. The van der Waals surface area contributed by atoms with Crippen molar-refractivity contribution in [1.82, 2.24) is 4.98 Å². The molecule has 0 saturated carbocycles. The van der Waals surface area contributed by atoms with E-state index in [2.05, 4.69) is 10.3 Å². The molecule has 0 saturated heterocycles. The van der Waals surface area contributed by atoms with Crippen LogP contribution in [0, 0.1) is 11.6 Å². The second-order valence-electron chi connectivity index (χ2n) is 3.63. The first-order valence-corrected chi connectivity index (χ1v) is 5.93. The SMILES string of the molecule is CCOC(=O)c1coc(Nc2c(F)cc(F)cc2Cl)n1. The van der Waals surface area contributed by atoms with Gasteiger partial charge in [-0.15, -0.1) is 0 Å². The van der Waals surface area contributed by atoms with Crippen LogP contribution in [0.15, 0.2) is 22.8 Å². The number of halogens is 3. The summed E-state index contributed by atoms with van der Waals surface area (Å²) >= 11 is 5.70. The Morgan fingerprint density at radius 3 is 2.90 bits per heavy atom. The highest BCUT2D eigenvalue weighted by atomic mass is 35.5. The molecule has 0 bridgehead atoms. The van der Waals surface area contributed by atoms with Crippen LogP contribution in [-0.2, 0) is 4.74 Å². The van der Waals surface area contributed by atoms with E-state index in [1.807, 2.05) is 0 Å². The maximum atomic E-state index is 13.5. The van der Waals surface area contributed by atoms with Crippen molar-refractivity contribution in [2.24, 2.45) is 0 Å². The maximum absolute atomic E-state index is 13.5. The average Bonchev–Trinajstić information content (AvgIpc) is 2.82. The minimum atomic E-state index is -0.911. The summed E-state index contributed by atoms with van der Waals surface area (Å²) in [5.74, 6) is -2.39. The van der Waals surface area contributed by atoms with Gasteiger partial charge in [0.15, 0.2) is 11.5 Å². The lowest BCUT2D eigenvalue weighted by Gasteiger charge is -2.05. The van der Waals surface area contributed by atoms with Crippen LogP contribution in [-0.4, -0.2) is 17.6 Å². The molecule has 0 radical (unpaired) electrons. The number of rotatable bonds is 4. The Morgan fingerprint density at radius 1 is 1.50 bits per heavy atom. The molecule has 8 heteroatoms. The molecule has 106 valence electrons. The van der Waals surface area contributed by atoms with Crippen LogP contribution >= 0.6 is 11.6 Å². The molecule has 0 aliphatic rings. The minimum absolute atomic E-state index is 0.0759. The summed E-state index contributed by atoms with van der Waals surface area (Å²) in [4.78, 5) is 15.1. The predicted octanol–water partition coefficient (Wildman–Crippen LogP) is 3.53. The quantitative estimate of drug-likeness (QED) is 0.875. The highest BCUT2D eigenvalue weighted by Crippen LogP contribution is 2.29. The van der Waals surface area contributed by atoms with Crippen LogP contribution in [0.25, 0.3) is 0 Å². The van der Waals surface area contributed by atoms with Crippen molar-refractivity contribution >= 4 is 29.3 Å². The maximum Gasteiger partial charge on any atom is 0.360 e. The summed E-state index contributed by atoms with van der Waals surface area (Å²) in [6, 6.07) is 1.42. The number of hydrogen-bond acceptors (Lipinski definition) is 5. The van der Waals surface area contributed by atoms with Gasteiger partial charge >= 0.3 is 5.97 Å². The molecule has 0 atom stereocenters. The molecule has 1 heterocycles. The van der Waals surface area contributed by atoms with Crippen LogP contribution in [0.1, 0.15) is 17.4 Å². The number of benzene rings is 1. The second-order valence-corrected chi connectivity index (χ2v) is 4.04. The number of oxazole rings is 1. The van der Waals surface area contributed by atoms with Crippen LogP contribution in [0.4, 0.5) is 20.5 Å². The van der Waals surface area contributed by atoms with Gasteiger partial charge in [-0.1, -0.05) is 11.6 Å². The lowest BCUT2D eigenvalue weighted by Crippen LogP contribution is -2.05. The van der Waals surface area contributed by atoms with Crippen LogP contribution in [0.5, 0.6) is 0 Å². The average molecular weight is 303 g/mol. The van der Waals surface area contributed by atoms with Crippen LogP contribution < -0.4 is 5.32 Å². The van der Waals surface area contributed by atoms with Crippen molar-refractivity contribution in [2.45, 2.75) is 6.92 Å². The minimum Gasteiger partial charge on any atom is -0.461 e. The first-order valence-electron chi connectivity index (χ1n) is 5.55. The Labute approximate surface area is 117 Å². The van der Waals surface area contributed by atoms with Gasteiger partial charge in [-0.05, 0) is 13.0 Å². The number of carbonyl (C=O) groups excluding carboxylic acids is 1. The standard InChI is InChI=1S/C12H9ClF2N2O3/c1-2-19-11(18)9-5-20-12(16-9)17-10-7(13)3-6(14)4-8(10)15/h3-5H,2H2,1H3,(H,16,17). The van der Waals surface area contributed by atoms with E-state index in [9.17, 15) is 13.6 Å². The fraction of sp³-hybridized carbons (Fsp3) is 0.167. The monoisotopic (exact) mass is 302 g/mol. The van der Waals surface area contributed by atoms with E-state index in [1.165, 1.54) is 0 Å². The number of nitrogens with zero attached hydrogens (tertiary/aromatic N) is 1. The van der Waals surface area contributed by atoms with E-state index < -0.39 is 17.6 Å². The summed E-state index contributed by atoms with van der Waals surface area (Å²) in [5.41, 5.74) is -0.279. The summed E-state index contributed by atoms with van der Waals surface area (Å²) in [5, 5.41) is 2.24. The number of esters is 1. The Morgan fingerprint density at radius 2 is 2.25 bits per heavy atom. The molecule has 0 unspecified atom stereocenters. The molecule has 0 aliphatic carbocycles. The zero-order valence-electron chi connectivity index (χ0n) is 10.2. The van der Waals surface area contributed by atoms with Crippen molar-refractivity contribution in [3.8, 4) is 0 Å². The van der Waals surface area contributed by atoms with Gasteiger partial charge in [0, 0.05) is 6.07 Å². The molecule has 20 heavy (non-hydrogen) atoms. The lowest BCUT2D eigenvalue weighted by atomic mass is 10.3. The number of carbonyl (C=O) groups is 1. The molecule has 1 aromatic carbocycles. The van der Waals surface area contributed by atoms with Crippen molar-refractivity contribution in [1.29, 1.82) is 0 Å². The third kappa shape index (κ3) is 3.05. The highest BCUT2D eigenvalue weighted by Gasteiger charge is 2.16. The number of hydrogen-bond donors (Lipinski definition) is 1. The van der Waals surface area contributed by atoms with Crippen LogP contribution in [0.3, 0.4) is 0 Å². The molecule has 0 fully saturated rings. The summed E-state index contributed by atoms with van der Waals surface area (Å²) in [6.45, 7) is 1.83. The predicted molar refractivity (Wildman–Crippen MR) is 67.1 cm³/mol. The normalized spacial score (nSPS) is 10.4. The van der Waals surface area contributed by atoms with Gasteiger partial charge < -0.3 is 14.5 Å². The summed E-state index contributed by atoms with van der Waals surface area (Å²) < 4.78 is 36.1. The van der Waals surface area contributed by atoms with Crippen LogP contribution in [0.2, 0.25) is 5.02 Å². The van der Waals surface area contributed by atoms with Gasteiger partial charge in [-0.2, -0.15) is 4.98 Å². The van der Waals surface area contributed by atoms with E-state index in [0.29, 0.717) is 6.07 Å². The van der Waals surface area contributed by atoms with Crippen molar-refractivity contribution in [2.75, 3.05) is 11.9 Å². The first-order chi connectivity index (χ1) is 9.51. The summed E-state index contributed by atoms with van der Waals surface area (Å²) in [7, 11) is 0. The van der Waals surface area contributed by atoms with Gasteiger partial charge in [-0.25, -0.2) is 13.6 Å². The van der Waals surface area contributed by atoms with Gasteiger partial charge in [-0.3, -0.25) is 0 Å². The fourth-order valence-electron chi connectivity index (χ4n) is 1.40. The zero-order chi connectivity index (χ0) is 14.7. The van der Waals surface area contributed by atoms with E-state index in [0.717, 1.165) is 12.3 Å². The van der Waals surface area contributed by atoms with Gasteiger partial charge in [0.05, 0.1) is 17.3 Å². The molecular weight excluding hydrogens is 294 g/mol. The molecule has 5 nitrogen and oxygen atoms in total. The van der Waals surface area contributed by atoms with Crippen molar-refractivity contribution in [3.05, 3.63) is 40.7 Å². The molecule has 0 aliphatic heterocycles. The first kappa shape index (κ1) is 14.3. The molecule has 1 aromatic heterocycles. The number of nitrogens with one attached hydrogen (secondary N) is 1. The molecule has 0 spiro atoms. The molecule has 2 rings (SSSR count). The topological polar surface area (TPSA) is 64.4 Å². The molecule has 1 N–H and O–H groups in total. The number of ether oxygens (including phenoxy) is 1. The highest BCUT2D eigenvalue weighted by molar-refractivity contribution is 6.33. The largest absolute Gasteiger partial charge is 0.461 e. The van der Waals surface area contributed by atoms with E-state index in [1.54, 1.807) is 6.92 Å². The Hall–Kier alpha value is -2.15. The fourth-order valence-corrected chi connectivity index (χ4v) is 1.64.